The van der Waals surface area contributed by atoms with Crippen LogP contribution >= 0.6 is 0 Å². The number of aliphatic hydroxyl groups excluding tert-OH is 1. The van der Waals surface area contributed by atoms with Crippen LogP contribution in [0.1, 0.15) is 64.7 Å². The van der Waals surface area contributed by atoms with Crippen LogP contribution in [0.25, 0.3) is 0 Å². The van der Waals surface area contributed by atoms with Crippen molar-refractivity contribution in [3.8, 4) is 0 Å². The van der Waals surface area contributed by atoms with E-state index in [9.17, 15) is 5.11 Å². The standard InChI is InChI=1S/C23H36O5/c1-20-6-4-19-17(18(20)5-7-23(20)27-12-13-28-23)3-2-16-14-22(25-10-11-26-22)9-8-21(16,19)15-24/h16-19,24H,2-15H2,1H3/t16-,17?,18-,19-,20-,21+/m0/s1. The Hall–Kier alpha value is -0.200. The summed E-state index contributed by atoms with van der Waals surface area (Å²) < 4.78 is 24.7. The van der Waals surface area contributed by atoms with E-state index in [1.165, 1.54) is 32.1 Å². The van der Waals surface area contributed by atoms with E-state index in [0.29, 0.717) is 30.3 Å². The van der Waals surface area contributed by atoms with Crippen LogP contribution in [0.3, 0.4) is 0 Å². The molecule has 0 aromatic rings. The van der Waals surface area contributed by atoms with Crippen molar-refractivity contribution in [2.75, 3.05) is 33.0 Å². The Labute approximate surface area is 168 Å². The highest BCUT2D eigenvalue weighted by Gasteiger charge is 2.68. The van der Waals surface area contributed by atoms with Gasteiger partial charge >= 0.3 is 0 Å². The number of fused-ring (bicyclic) bond motifs is 6. The van der Waals surface area contributed by atoms with Crippen molar-refractivity contribution >= 4 is 0 Å². The Kier molecular flexibility index (Phi) is 4.09. The lowest BCUT2D eigenvalue weighted by Crippen LogP contribution is -2.60. The Morgan fingerprint density at radius 1 is 0.786 bits per heavy atom. The molecule has 28 heavy (non-hydrogen) atoms. The van der Waals surface area contributed by atoms with Gasteiger partial charge in [-0.3, -0.25) is 0 Å². The van der Waals surface area contributed by atoms with E-state index in [1.807, 2.05) is 0 Å². The third-order valence-electron chi connectivity index (χ3n) is 10.3. The summed E-state index contributed by atoms with van der Waals surface area (Å²) in [6.45, 7) is 5.74. The van der Waals surface area contributed by atoms with E-state index in [2.05, 4.69) is 6.92 Å². The van der Waals surface area contributed by atoms with Crippen molar-refractivity contribution in [3.63, 3.8) is 0 Å². The van der Waals surface area contributed by atoms with Gasteiger partial charge in [-0.05, 0) is 67.6 Å². The Balaban J connectivity index is 1.30. The van der Waals surface area contributed by atoms with Crippen molar-refractivity contribution in [2.45, 2.75) is 76.3 Å². The highest BCUT2D eigenvalue weighted by atomic mass is 16.7. The fraction of sp³-hybridized carbons (Fsp3) is 1.00. The second-order valence-corrected chi connectivity index (χ2v) is 10.8. The highest BCUT2D eigenvalue weighted by Crippen LogP contribution is 2.70. The van der Waals surface area contributed by atoms with Gasteiger partial charge < -0.3 is 24.1 Å². The summed E-state index contributed by atoms with van der Waals surface area (Å²) in [5.74, 6) is 1.86. The molecule has 1 unspecified atom stereocenters. The van der Waals surface area contributed by atoms with Crippen LogP contribution in [-0.4, -0.2) is 49.7 Å². The van der Waals surface area contributed by atoms with Crippen molar-refractivity contribution in [3.05, 3.63) is 0 Å². The molecular weight excluding hydrogens is 356 g/mol. The SMILES string of the molecule is C[C@]12CC[C@H]3C(CC[C@H]4CC5(CC[C@@]43CO)OCCO5)[C@@H]1CCC21OCCO1. The molecule has 4 aliphatic carbocycles. The zero-order chi connectivity index (χ0) is 19.0. The molecule has 0 aromatic heterocycles. The largest absolute Gasteiger partial charge is 0.396 e. The van der Waals surface area contributed by atoms with Crippen molar-refractivity contribution in [1.82, 2.24) is 0 Å². The molecule has 6 atom stereocenters. The third-order valence-corrected chi connectivity index (χ3v) is 10.3. The van der Waals surface area contributed by atoms with Crippen LogP contribution < -0.4 is 0 Å². The van der Waals surface area contributed by atoms with E-state index >= 15 is 0 Å². The zero-order valence-electron chi connectivity index (χ0n) is 17.3. The van der Waals surface area contributed by atoms with Crippen LogP contribution in [0.15, 0.2) is 0 Å². The first-order chi connectivity index (χ1) is 13.6. The van der Waals surface area contributed by atoms with Crippen molar-refractivity contribution in [1.29, 1.82) is 0 Å². The number of hydrogen-bond acceptors (Lipinski definition) is 5. The molecule has 0 aromatic carbocycles. The molecule has 1 N–H and O–H groups in total. The third kappa shape index (κ3) is 2.21. The minimum Gasteiger partial charge on any atom is -0.396 e. The second-order valence-electron chi connectivity index (χ2n) is 10.8. The summed E-state index contributed by atoms with van der Waals surface area (Å²) >= 11 is 0. The summed E-state index contributed by atoms with van der Waals surface area (Å²) in [4.78, 5) is 0. The molecule has 6 rings (SSSR count). The van der Waals surface area contributed by atoms with Gasteiger partial charge in [-0.1, -0.05) is 6.92 Å². The lowest BCUT2D eigenvalue weighted by molar-refractivity contribution is -0.263. The average Bonchev–Trinajstić information content (AvgIpc) is 3.43. The van der Waals surface area contributed by atoms with E-state index in [0.717, 1.165) is 52.1 Å². The first kappa shape index (κ1) is 18.6. The molecule has 6 fully saturated rings. The van der Waals surface area contributed by atoms with Gasteiger partial charge in [-0.25, -0.2) is 0 Å². The summed E-state index contributed by atoms with van der Waals surface area (Å²) in [6.07, 6.45) is 10.1. The Bertz CT molecular complexity index is 624. The Morgan fingerprint density at radius 3 is 2.25 bits per heavy atom. The van der Waals surface area contributed by atoms with Gasteiger partial charge in [0.05, 0.1) is 26.4 Å². The first-order valence-corrected chi connectivity index (χ1v) is 11.7. The smallest absolute Gasteiger partial charge is 0.174 e. The van der Waals surface area contributed by atoms with Gasteiger partial charge in [0.15, 0.2) is 11.6 Å². The molecule has 5 nitrogen and oxygen atoms in total. The lowest BCUT2D eigenvalue weighted by atomic mass is 9.44. The predicted molar refractivity (Wildman–Crippen MR) is 102 cm³/mol. The van der Waals surface area contributed by atoms with E-state index < -0.39 is 0 Å². The van der Waals surface area contributed by atoms with Crippen LogP contribution in [0, 0.1) is 34.5 Å². The summed E-state index contributed by atoms with van der Waals surface area (Å²) in [5, 5.41) is 10.7. The molecule has 0 radical (unpaired) electrons. The van der Waals surface area contributed by atoms with Crippen LogP contribution in [0.2, 0.25) is 0 Å². The van der Waals surface area contributed by atoms with Gasteiger partial charge in [0.2, 0.25) is 0 Å². The molecule has 6 aliphatic rings. The molecule has 0 bridgehead atoms. The summed E-state index contributed by atoms with van der Waals surface area (Å²) in [5.41, 5.74) is 0.208. The average molecular weight is 393 g/mol. The topological polar surface area (TPSA) is 57.2 Å². The van der Waals surface area contributed by atoms with E-state index in [-0.39, 0.29) is 22.4 Å². The normalized spacial score (nSPS) is 51.2. The highest BCUT2D eigenvalue weighted by molar-refractivity contribution is 5.14. The Morgan fingerprint density at radius 2 is 1.50 bits per heavy atom. The minimum absolute atomic E-state index is 0.0674. The molecule has 158 valence electrons. The van der Waals surface area contributed by atoms with Gasteiger partial charge in [-0.15, -0.1) is 0 Å². The number of rotatable bonds is 1. The monoisotopic (exact) mass is 392 g/mol. The fourth-order valence-corrected chi connectivity index (χ4v) is 8.95. The molecule has 2 spiro atoms. The first-order valence-electron chi connectivity index (χ1n) is 11.7. The number of ether oxygens (including phenoxy) is 4. The maximum absolute atomic E-state index is 10.7. The van der Waals surface area contributed by atoms with Crippen molar-refractivity contribution in [2.24, 2.45) is 34.5 Å². The van der Waals surface area contributed by atoms with Crippen LogP contribution in [0.4, 0.5) is 0 Å². The molecular formula is C23H36O5. The number of aliphatic hydroxyl groups is 1. The maximum atomic E-state index is 10.7. The fourth-order valence-electron chi connectivity index (χ4n) is 8.95. The molecule has 2 heterocycles. The minimum atomic E-state index is -0.345. The van der Waals surface area contributed by atoms with Gasteiger partial charge in [-0.2, -0.15) is 0 Å². The van der Waals surface area contributed by atoms with E-state index in [1.54, 1.807) is 0 Å². The molecule has 2 aliphatic heterocycles. The lowest BCUT2D eigenvalue weighted by Gasteiger charge is -2.62. The van der Waals surface area contributed by atoms with Gasteiger partial charge in [0.1, 0.15) is 0 Å². The van der Waals surface area contributed by atoms with E-state index in [4.69, 9.17) is 18.9 Å². The molecule has 4 saturated carbocycles. The summed E-state index contributed by atoms with van der Waals surface area (Å²) in [7, 11) is 0. The molecule has 0 amide bonds. The van der Waals surface area contributed by atoms with Crippen molar-refractivity contribution < 1.29 is 24.1 Å². The summed E-state index contributed by atoms with van der Waals surface area (Å²) in [6, 6.07) is 0. The predicted octanol–water partition coefficient (Wildman–Crippen LogP) is 3.49. The van der Waals surface area contributed by atoms with Crippen LogP contribution in [-0.2, 0) is 18.9 Å². The molecule has 2 saturated heterocycles. The van der Waals surface area contributed by atoms with Crippen LogP contribution in [0.5, 0.6) is 0 Å². The molecule has 5 heteroatoms. The van der Waals surface area contributed by atoms with Gasteiger partial charge in [0.25, 0.3) is 0 Å². The quantitative estimate of drug-likeness (QED) is 0.740. The maximum Gasteiger partial charge on any atom is 0.174 e. The zero-order valence-corrected chi connectivity index (χ0v) is 17.3. The number of hydrogen-bond donors (Lipinski definition) is 1. The van der Waals surface area contributed by atoms with Gasteiger partial charge in [0, 0.05) is 31.3 Å². The second kappa shape index (κ2) is 6.16.